The van der Waals surface area contributed by atoms with Crippen molar-refractivity contribution in [3.05, 3.63) is 42.0 Å². The summed E-state index contributed by atoms with van der Waals surface area (Å²) >= 11 is 0. The first-order chi connectivity index (χ1) is 12.4. The van der Waals surface area contributed by atoms with Crippen molar-refractivity contribution < 1.29 is 8.42 Å². The molecule has 10 heteroatoms. The fourth-order valence-electron chi connectivity index (χ4n) is 2.39. The number of sulfone groups is 1. The lowest BCUT2D eigenvalue weighted by Gasteiger charge is -2.12. The summed E-state index contributed by atoms with van der Waals surface area (Å²) in [5.74, 6) is 1.67. The molecule has 27 heavy (non-hydrogen) atoms. The molecule has 2 rings (SSSR count). The Labute approximate surface area is 177 Å². The Morgan fingerprint density at radius 1 is 1.19 bits per heavy atom. The van der Waals surface area contributed by atoms with Crippen molar-refractivity contribution in [1.29, 1.82) is 0 Å². The van der Waals surface area contributed by atoms with Crippen LogP contribution in [0.1, 0.15) is 25.2 Å². The molecule has 0 radical (unpaired) electrons. The summed E-state index contributed by atoms with van der Waals surface area (Å²) in [6.45, 7) is 6.73. The van der Waals surface area contributed by atoms with Gasteiger partial charge in [-0.15, -0.1) is 34.2 Å². The van der Waals surface area contributed by atoms with Crippen LogP contribution in [-0.4, -0.2) is 48.5 Å². The van der Waals surface area contributed by atoms with E-state index in [1.807, 2.05) is 11.5 Å². The number of rotatable bonds is 8. The van der Waals surface area contributed by atoms with Crippen molar-refractivity contribution in [2.45, 2.75) is 38.3 Å². The van der Waals surface area contributed by atoms with E-state index in [0.717, 1.165) is 30.9 Å². The van der Waals surface area contributed by atoms with E-state index >= 15 is 0 Å². The predicted molar refractivity (Wildman–Crippen MR) is 117 cm³/mol. The van der Waals surface area contributed by atoms with Crippen LogP contribution in [0, 0.1) is 0 Å². The van der Waals surface area contributed by atoms with Gasteiger partial charge in [0.15, 0.2) is 15.8 Å². The minimum absolute atomic E-state index is 0. The zero-order valence-electron chi connectivity index (χ0n) is 15.8. The third kappa shape index (κ3) is 7.45. The topological polar surface area (TPSA) is 101 Å². The molecule has 0 spiro atoms. The van der Waals surface area contributed by atoms with Crippen molar-refractivity contribution in [1.82, 2.24) is 25.4 Å². The third-order valence-corrected chi connectivity index (χ3v) is 4.90. The van der Waals surface area contributed by atoms with Gasteiger partial charge in [-0.1, -0.05) is 19.1 Å². The number of guanidine groups is 1. The fourth-order valence-corrected chi connectivity index (χ4v) is 3.02. The van der Waals surface area contributed by atoms with Crippen LogP contribution in [-0.2, 0) is 29.3 Å². The standard InChI is InChI=1S/C17H26N6O2S.HI/c1-4-16-22-21-13-23(16)11-10-19-17(18-5-2)20-12-14-6-8-15(9-7-14)26(3,24)25;/h6-9,13H,4-5,10-12H2,1-3H3,(H2,18,19,20);1H. The number of hydrogen-bond donors (Lipinski definition) is 2. The molecule has 2 N–H and O–H groups in total. The molecule has 1 aromatic carbocycles. The second-order valence-electron chi connectivity index (χ2n) is 5.83. The van der Waals surface area contributed by atoms with Crippen LogP contribution in [0.15, 0.2) is 40.5 Å². The lowest BCUT2D eigenvalue weighted by atomic mass is 10.2. The summed E-state index contributed by atoms with van der Waals surface area (Å²) in [5.41, 5.74) is 0.946. The van der Waals surface area contributed by atoms with E-state index in [2.05, 4.69) is 32.7 Å². The Kier molecular flexibility index (Phi) is 9.70. The molecule has 0 bridgehead atoms. The van der Waals surface area contributed by atoms with Gasteiger partial charge in [-0.3, -0.25) is 0 Å². The molecule has 8 nitrogen and oxygen atoms in total. The number of halogens is 1. The summed E-state index contributed by atoms with van der Waals surface area (Å²) in [7, 11) is -3.17. The van der Waals surface area contributed by atoms with Gasteiger partial charge in [-0.2, -0.15) is 0 Å². The first-order valence-electron chi connectivity index (χ1n) is 8.62. The van der Waals surface area contributed by atoms with Crippen molar-refractivity contribution >= 4 is 39.8 Å². The second-order valence-corrected chi connectivity index (χ2v) is 7.85. The van der Waals surface area contributed by atoms with Gasteiger partial charge >= 0.3 is 0 Å². The van der Waals surface area contributed by atoms with Gasteiger partial charge in [0.2, 0.25) is 0 Å². The fraction of sp³-hybridized carbons (Fsp3) is 0.471. The molecule has 0 saturated carbocycles. The number of benzene rings is 1. The molecule has 1 aromatic heterocycles. The molecule has 0 fully saturated rings. The maximum atomic E-state index is 11.5. The van der Waals surface area contributed by atoms with E-state index in [1.165, 1.54) is 6.26 Å². The molecular weight excluding hydrogens is 479 g/mol. The number of aromatic nitrogens is 3. The van der Waals surface area contributed by atoms with E-state index < -0.39 is 9.84 Å². The largest absolute Gasteiger partial charge is 0.357 e. The highest BCUT2D eigenvalue weighted by atomic mass is 127. The van der Waals surface area contributed by atoms with E-state index in [0.29, 0.717) is 23.9 Å². The lowest BCUT2D eigenvalue weighted by molar-refractivity contribution is 0.602. The zero-order valence-corrected chi connectivity index (χ0v) is 19.0. The molecule has 0 amide bonds. The van der Waals surface area contributed by atoms with Gasteiger partial charge in [0, 0.05) is 32.3 Å². The number of hydrogen-bond acceptors (Lipinski definition) is 5. The zero-order chi connectivity index (χ0) is 19.0. The van der Waals surface area contributed by atoms with Gasteiger partial charge in [0.1, 0.15) is 12.2 Å². The van der Waals surface area contributed by atoms with Crippen molar-refractivity contribution in [3.63, 3.8) is 0 Å². The average Bonchev–Trinajstić information content (AvgIpc) is 3.07. The van der Waals surface area contributed by atoms with E-state index in [4.69, 9.17) is 0 Å². The van der Waals surface area contributed by atoms with E-state index in [9.17, 15) is 8.42 Å². The third-order valence-electron chi connectivity index (χ3n) is 3.77. The first-order valence-corrected chi connectivity index (χ1v) is 10.5. The van der Waals surface area contributed by atoms with Crippen LogP contribution in [0.4, 0.5) is 0 Å². The van der Waals surface area contributed by atoms with Crippen LogP contribution >= 0.6 is 24.0 Å². The smallest absolute Gasteiger partial charge is 0.191 e. The van der Waals surface area contributed by atoms with Crippen LogP contribution < -0.4 is 10.6 Å². The first kappa shape index (κ1) is 23.3. The number of nitrogens with zero attached hydrogens (tertiary/aromatic N) is 4. The molecule has 0 unspecified atom stereocenters. The SMILES string of the molecule is CCNC(=NCc1ccc(S(C)(=O)=O)cc1)NCCn1cnnc1CC.I. The Balaban J connectivity index is 0.00000364. The van der Waals surface area contributed by atoms with E-state index in [-0.39, 0.29) is 24.0 Å². The van der Waals surface area contributed by atoms with Gasteiger partial charge < -0.3 is 15.2 Å². The predicted octanol–water partition coefficient (Wildman–Crippen LogP) is 1.62. The van der Waals surface area contributed by atoms with Crippen LogP contribution in [0.2, 0.25) is 0 Å². The molecule has 0 aliphatic carbocycles. The van der Waals surface area contributed by atoms with Crippen LogP contribution in [0.5, 0.6) is 0 Å². The Morgan fingerprint density at radius 2 is 1.89 bits per heavy atom. The summed E-state index contributed by atoms with van der Waals surface area (Å²) in [5, 5.41) is 14.5. The molecule has 0 atom stereocenters. The van der Waals surface area contributed by atoms with E-state index in [1.54, 1.807) is 30.6 Å². The highest BCUT2D eigenvalue weighted by Gasteiger charge is 2.06. The molecular formula is C17H27IN6O2S. The maximum Gasteiger partial charge on any atom is 0.191 e. The molecule has 0 aliphatic heterocycles. The van der Waals surface area contributed by atoms with Crippen LogP contribution in [0.25, 0.3) is 0 Å². The van der Waals surface area contributed by atoms with Crippen molar-refractivity contribution in [3.8, 4) is 0 Å². The van der Waals surface area contributed by atoms with Gasteiger partial charge in [-0.25, -0.2) is 13.4 Å². The number of aryl methyl sites for hydroxylation is 1. The Hall–Kier alpha value is -1.69. The summed E-state index contributed by atoms with van der Waals surface area (Å²) < 4.78 is 25.0. The van der Waals surface area contributed by atoms with Gasteiger partial charge in [0.25, 0.3) is 0 Å². The monoisotopic (exact) mass is 506 g/mol. The van der Waals surface area contributed by atoms with Crippen LogP contribution in [0.3, 0.4) is 0 Å². The molecule has 1 heterocycles. The second kappa shape index (κ2) is 11.2. The Morgan fingerprint density at radius 3 is 2.48 bits per heavy atom. The molecule has 150 valence electrons. The van der Waals surface area contributed by atoms with Crippen molar-refractivity contribution in [2.75, 3.05) is 19.3 Å². The summed E-state index contributed by atoms with van der Waals surface area (Å²) in [4.78, 5) is 4.86. The normalized spacial score (nSPS) is 11.7. The minimum atomic E-state index is -3.17. The highest BCUT2D eigenvalue weighted by Crippen LogP contribution is 2.10. The van der Waals surface area contributed by atoms with Gasteiger partial charge in [0.05, 0.1) is 11.4 Å². The van der Waals surface area contributed by atoms with Gasteiger partial charge in [-0.05, 0) is 24.6 Å². The number of aliphatic imine (C=N–C) groups is 1. The number of nitrogens with one attached hydrogen (secondary N) is 2. The molecule has 0 saturated heterocycles. The Bertz CT molecular complexity index is 833. The molecule has 0 aliphatic rings. The quantitative estimate of drug-likeness (QED) is 0.321. The maximum absolute atomic E-state index is 11.5. The highest BCUT2D eigenvalue weighted by molar-refractivity contribution is 14.0. The summed E-state index contributed by atoms with van der Waals surface area (Å²) in [6, 6.07) is 6.79. The average molecular weight is 506 g/mol. The minimum Gasteiger partial charge on any atom is -0.357 e. The molecule has 2 aromatic rings. The van der Waals surface area contributed by atoms with Crippen molar-refractivity contribution in [2.24, 2.45) is 4.99 Å². The lowest BCUT2D eigenvalue weighted by Crippen LogP contribution is -2.38. The summed E-state index contributed by atoms with van der Waals surface area (Å²) in [6.07, 6.45) is 3.78.